The van der Waals surface area contributed by atoms with Crippen LogP contribution in [0.1, 0.15) is 53.1 Å². The molecule has 166 valence electrons. The van der Waals surface area contributed by atoms with Crippen molar-refractivity contribution in [2.45, 2.75) is 51.9 Å². The summed E-state index contributed by atoms with van der Waals surface area (Å²) in [5, 5.41) is 10.2. The Bertz CT molecular complexity index is 983. The second-order valence-electron chi connectivity index (χ2n) is 7.49. The fraction of sp³-hybridized carbons (Fsp3) is 0.526. The predicted molar refractivity (Wildman–Crippen MR) is 116 cm³/mol. The van der Waals surface area contributed by atoms with Gasteiger partial charge in [0.1, 0.15) is 0 Å². The molecule has 1 atom stereocenters. The van der Waals surface area contributed by atoms with Crippen molar-refractivity contribution in [3.63, 3.8) is 0 Å². The molecular formula is C19H28N4O5S2. The molecule has 0 saturated carbocycles. The average molecular weight is 457 g/mol. The van der Waals surface area contributed by atoms with Crippen molar-refractivity contribution in [2.75, 3.05) is 18.5 Å². The minimum absolute atomic E-state index is 0.127. The molecule has 1 unspecified atom stereocenters. The first kappa shape index (κ1) is 24.0. The van der Waals surface area contributed by atoms with Crippen molar-refractivity contribution < 1.29 is 22.7 Å². The Morgan fingerprint density at radius 1 is 1.13 bits per heavy atom. The van der Waals surface area contributed by atoms with Crippen LogP contribution < -0.4 is 19.5 Å². The van der Waals surface area contributed by atoms with E-state index in [0.717, 1.165) is 11.3 Å². The quantitative estimate of drug-likeness (QED) is 0.555. The summed E-state index contributed by atoms with van der Waals surface area (Å²) >= 11 is 0.792. The maximum absolute atomic E-state index is 12.7. The molecule has 30 heavy (non-hydrogen) atoms. The zero-order valence-corrected chi connectivity index (χ0v) is 19.6. The van der Waals surface area contributed by atoms with Gasteiger partial charge in [-0.3, -0.25) is 4.79 Å². The molecule has 0 bridgehead atoms. The Morgan fingerprint density at radius 2 is 1.77 bits per heavy atom. The Labute approximate surface area is 181 Å². The summed E-state index contributed by atoms with van der Waals surface area (Å²) in [5.74, 6) is 0.870. The molecule has 0 radical (unpaired) electrons. The number of carbonyl (C=O) groups excluding carboxylic acids is 1. The van der Waals surface area contributed by atoms with Gasteiger partial charge in [0.05, 0.1) is 13.2 Å². The van der Waals surface area contributed by atoms with Gasteiger partial charge in [-0.2, -0.15) is 0 Å². The number of amides is 1. The molecule has 9 nitrogen and oxygen atoms in total. The minimum Gasteiger partial charge on any atom is -0.490 e. The monoisotopic (exact) mass is 456 g/mol. The van der Waals surface area contributed by atoms with Crippen LogP contribution in [0.2, 0.25) is 0 Å². The molecule has 0 fully saturated rings. The molecule has 0 aliphatic heterocycles. The molecule has 0 spiro atoms. The van der Waals surface area contributed by atoms with Gasteiger partial charge in [0.2, 0.25) is 15.4 Å². The summed E-state index contributed by atoms with van der Waals surface area (Å²) < 4.78 is 38.9. The standard InChI is InChI=1S/C19H28N4O5S2/c1-7-27-14-10-9-13(11-15(14)28-8-2)12(3)23-30(25,26)18-22-21-17(29-18)20-16(24)19(4,5)6/h9-12,23H,7-8H2,1-6H3,(H,20,21,24). The number of benzene rings is 1. The van der Waals surface area contributed by atoms with Crippen molar-refractivity contribution in [1.29, 1.82) is 0 Å². The fourth-order valence-electron chi connectivity index (χ4n) is 2.34. The third-order valence-corrected chi connectivity index (χ3v) is 6.68. The van der Waals surface area contributed by atoms with Gasteiger partial charge in [-0.1, -0.05) is 38.2 Å². The number of nitrogens with zero attached hydrogens (tertiary/aromatic N) is 2. The molecule has 2 rings (SSSR count). The second kappa shape index (κ2) is 9.71. The van der Waals surface area contributed by atoms with E-state index in [0.29, 0.717) is 30.3 Å². The molecule has 2 N–H and O–H groups in total. The number of nitrogens with one attached hydrogen (secondary N) is 2. The van der Waals surface area contributed by atoms with Crippen LogP contribution in [0.4, 0.5) is 5.13 Å². The van der Waals surface area contributed by atoms with Crippen LogP contribution in [0.25, 0.3) is 0 Å². The molecule has 11 heteroatoms. The highest BCUT2D eigenvalue weighted by Gasteiger charge is 2.26. The summed E-state index contributed by atoms with van der Waals surface area (Å²) in [6.07, 6.45) is 0. The Hall–Kier alpha value is -2.24. The van der Waals surface area contributed by atoms with Crippen LogP contribution in [-0.4, -0.2) is 37.7 Å². The normalized spacial score (nSPS) is 13.0. The number of hydrogen-bond donors (Lipinski definition) is 2. The summed E-state index contributed by atoms with van der Waals surface area (Å²) in [5.41, 5.74) is 0.0693. The first-order valence-electron chi connectivity index (χ1n) is 9.54. The summed E-state index contributed by atoms with van der Waals surface area (Å²) in [4.78, 5) is 12.1. The topological polar surface area (TPSA) is 120 Å². The van der Waals surface area contributed by atoms with Crippen molar-refractivity contribution in [2.24, 2.45) is 5.41 Å². The van der Waals surface area contributed by atoms with E-state index in [1.807, 2.05) is 13.8 Å². The highest BCUT2D eigenvalue weighted by molar-refractivity contribution is 7.91. The number of rotatable bonds is 9. The van der Waals surface area contributed by atoms with Crippen LogP contribution in [0.15, 0.2) is 22.5 Å². The van der Waals surface area contributed by atoms with Crippen LogP contribution in [0.5, 0.6) is 11.5 Å². The van der Waals surface area contributed by atoms with Crippen LogP contribution in [0, 0.1) is 5.41 Å². The number of ether oxygens (including phenoxy) is 2. The fourth-order valence-corrected chi connectivity index (χ4v) is 4.48. The van der Waals surface area contributed by atoms with Crippen LogP contribution >= 0.6 is 11.3 Å². The zero-order valence-electron chi connectivity index (χ0n) is 18.0. The van der Waals surface area contributed by atoms with Crippen molar-refractivity contribution >= 4 is 32.4 Å². The Balaban J connectivity index is 2.17. The second-order valence-corrected chi connectivity index (χ2v) is 10.4. The number of aromatic nitrogens is 2. The van der Waals surface area contributed by atoms with E-state index in [2.05, 4.69) is 20.2 Å². The summed E-state index contributed by atoms with van der Waals surface area (Å²) in [6.45, 7) is 11.6. The predicted octanol–water partition coefficient (Wildman–Crippen LogP) is 3.36. The van der Waals surface area contributed by atoms with E-state index in [-0.39, 0.29) is 15.4 Å². The number of sulfonamides is 1. The first-order chi connectivity index (χ1) is 14.0. The Kier molecular flexibility index (Phi) is 7.78. The molecule has 0 saturated heterocycles. The third-order valence-electron chi connectivity index (χ3n) is 3.94. The lowest BCUT2D eigenvalue weighted by Crippen LogP contribution is -2.27. The number of anilines is 1. The van der Waals surface area contributed by atoms with E-state index in [1.54, 1.807) is 45.9 Å². The van der Waals surface area contributed by atoms with Crippen molar-refractivity contribution in [3.8, 4) is 11.5 Å². The highest BCUT2D eigenvalue weighted by atomic mass is 32.2. The number of hydrogen-bond acceptors (Lipinski definition) is 8. The maximum atomic E-state index is 12.7. The molecule has 0 aliphatic rings. The van der Waals surface area contributed by atoms with Crippen molar-refractivity contribution in [1.82, 2.24) is 14.9 Å². The molecule has 2 aromatic rings. The average Bonchev–Trinajstić information content (AvgIpc) is 3.12. The molecule has 1 heterocycles. The van der Waals surface area contributed by atoms with Gasteiger partial charge in [0.25, 0.3) is 10.0 Å². The van der Waals surface area contributed by atoms with Gasteiger partial charge in [-0.15, -0.1) is 10.2 Å². The lowest BCUT2D eigenvalue weighted by atomic mass is 9.96. The van der Waals surface area contributed by atoms with E-state index < -0.39 is 21.5 Å². The summed E-state index contributed by atoms with van der Waals surface area (Å²) in [7, 11) is -3.93. The van der Waals surface area contributed by atoms with Crippen LogP contribution in [-0.2, 0) is 14.8 Å². The van der Waals surface area contributed by atoms with Gasteiger partial charge in [0.15, 0.2) is 11.5 Å². The van der Waals surface area contributed by atoms with Gasteiger partial charge in [-0.25, -0.2) is 13.1 Å². The van der Waals surface area contributed by atoms with E-state index in [1.165, 1.54) is 0 Å². The molecule has 0 aliphatic carbocycles. The molecule has 1 amide bonds. The van der Waals surface area contributed by atoms with E-state index >= 15 is 0 Å². The lowest BCUT2D eigenvalue weighted by molar-refractivity contribution is -0.123. The zero-order chi connectivity index (χ0) is 22.5. The smallest absolute Gasteiger partial charge is 0.270 e. The summed E-state index contributed by atoms with van der Waals surface area (Å²) in [6, 6.07) is 4.72. The van der Waals surface area contributed by atoms with Gasteiger partial charge < -0.3 is 14.8 Å². The maximum Gasteiger partial charge on any atom is 0.270 e. The van der Waals surface area contributed by atoms with Gasteiger partial charge >= 0.3 is 0 Å². The molecular weight excluding hydrogens is 428 g/mol. The first-order valence-corrected chi connectivity index (χ1v) is 11.8. The lowest BCUT2D eigenvalue weighted by Gasteiger charge is -2.17. The van der Waals surface area contributed by atoms with Gasteiger partial charge in [0, 0.05) is 11.5 Å². The van der Waals surface area contributed by atoms with Crippen LogP contribution in [0.3, 0.4) is 0 Å². The SMILES string of the molecule is CCOc1ccc(C(C)NS(=O)(=O)c2nnc(NC(=O)C(C)(C)C)s2)cc1OCC. The Morgan fingerprint density at radius 3 is 2.37 bits per heavy atom. The van der Waals surface area contributed by atoms with Gasteiger partial charge in [-0.05, 0) is 38.5 Å². The third kappa shape index (κ3) is 6.13. The molecule has 1 aromatic carbocycles. The van der Waals surface area contributed by atoms with E-state index in [4.69, 9.17) is 9.47 Å². The minimum atomic E-state index is -3.93. The largest absolute Gasteiger partial charge is 0.490 e. The van der Waals surface area contributed by atoms with Crippen molar-refractivity contribution in [3.05, 3.63) is 23.8 Å². The molecule has 1 aromatic heterocycles. The van der Waals surface area contributed by atoms with E-state index in [9.17, 15) is 13.2 Å². The highest BCUT2D eigenvalue weighted by Crippen LogP contribution is 2.31. The number of carbonyl (C=O) groups is 1.